The van der Waals surface area contributed by atoms with Crippen LogP contribution in [0.2, 0.25) is 0 Å². The van der Waals surface area contributed by atoms with Gasteiger partial charge in [0, 0.05) is 36.2 Å². The van der Waals surface area contributed by atoms with Gasteiger partial charge in [-0.1, -0.05) is 65.2 Å². The summed E-state index contributed by atoms with van der Waals surface area (Å²) in [7, 11) is 0. The minimum Gasteiger partial charge on any atom is -0.371 e. The Bertz CT molecular complexity index is 1040. The lowest BCUT2D eigenvalue weighted by molar-refractivity contribution is 0.0928. The van der Waals surface area contributed by atoms with Gasteiger partial charge in [-0.2, -0.15) is 0 Å². The van der Waals surface area contributed by atoms with Crippen LogP contribution in [0.1, 0.15) is 106 Å². The van der Waals surface area contributed by atoms with Crippen LogP contribution < -0.4 is 20.9 Å². The first-order chi connectivity index (χ1) is 17.3. The van der Waals surface area contributed by atoms with Crippen molar-refractivity contribution in [1.29, 1.82) is 0 Å². The van der Waals surface area contributed by atoms with Crippen molar-refractivity contribution in [2.75, 3.05) is 28.6 Å². The molecule has 0 radical (unpaired) electrons. The molecule has 1 saturated heterocycles. The molecule has 1 aliphatic heterocycles. The number of nitrogens with zero attached hydrogens (tertiary/aromatic N) is 1. The van der Waals surface area contributed by atoms with Crippen LogP contribution in [0.25, 0.3) is 0 Å². The van der Waals surface area contributed by atoms with Gasteiger partial charge in [0.05, 0.1) is 5.56 Å². The molecule has 2 fully saturated rings. The van der Waals surface area contributed by atoms with E-state index in [1.165, 1.54) is 19.3 Å². The van der Waals surface area contributed by atoms with Crippen molar-refractivity contribution in [2.24, 2.45) is 0 Å². The molecule has 0 bridgehead atoms. The molecule has 3 amide bonds. The highest BCUT2D eigenvalue weighted by Gasteiger charge is 2.23. The molecule has 0 aromatic heterocycles. The van der Waals surface area contributed by atoms with E-state index in [0.29, 0.717) is 11.3 Å². The molecule has 1 heterocycles. The smallest absolute Gasteiger partial charge is 0.323 e. The van der Waals surface area contributed by atoms with Gasteiger partial charge in [-0.3, -0.25) is 4.79 Å². The molecule has 0 atom stereocenters. The quantitative estimate of drug-likeness (QED) is 0.383. The third kappa shape index (κ3) is 6.21. The molecule has 2 aliphatic rings. The summed E-state index contributed by atoms with van der Waals surface area (Å²) in [5.41, 5.74) is 5.34. The van der Waals surface area contributed by atoms with Gasteiger partial charge >= 0.3 is 6.03 Å². The van der Waals surface area contributed by atoms with Crippen LogP contribution in [0.15, 0.2) is 36.4 Å². The SMILES string of the molecule is CC(C)c1cccc(C(C)C)c1NC(=O)Nc1ccc(N2CCCC2)c(C(=O)NC2CCCCC2)c1. The standard InChI is InChI=1S/C30H42N4O2/c1-20(2)24-13-10-14-25(21(3)4)28(24)33-30(36)32-23-15-16-27(34-17-8-9-18-34)26(19-23)29(35)31-22-11-6-5-7-12-22/h10,13-16,19-22H,5-9,11-12,17-18H2,1-4H3,(H,31,35)(H2,32,33,36). The first-order valence-corrected chi connectivity index (χ1v) is 13.7. The number of benzene rings is 2. The Balaban J connectivity index is 1.56. The van der Waals surface area contributed by atoms with Crippen molar-refractivity contribution in [3.63, 3.8) is 0 Å². The lowest BCUT2D eigenvalue weighted by Crippen LogP contribution is -2.37. The van der Waals surface area contributed by atoms with Crippen molar-refractivity contribution in [3.8, 4) is 0 Å². The zero-order valence-electron chi connectivity index (χ0n) is 22.3. The molecule has 194 valence electrons. The molecule has 2 aromatic rings. The number of hydrogen-bond acceptors (Lipinski definition) is 3. The second-order valence-electron chi connectivity index (χ2n) is 10.9. The van der Waals surface area contributed by atoms with Crippen LogP contribution >= 0.6 is 0 Å². The lowest BCUT2D eigenvalue weighted by Gasteiger charge is -2.26. The molecular weight excluding hydrogens is 448 g/mol. The minimum atomic E-state index is -0.294. The minimum absolute atomic E-state index is 0.0416. The molecule has 6 nitrogen and oxygen atoms in total. The summed E-state index contributed by atoms with van der Waals surface area (Å²) >= 11 is 0. The second kappa shape index (κ2) is 11.8. The summed E-state index contributed by atoms with van der Waals surface area (Å²) in [6.07, 6.45) is 7.94. The number of carbonyl (C=O) groups is 2. The van der Waals surface area contributed by atoms with Crippen LogP contribution in [0.3, 0.4) is 0 Å². The van der Waals surface area contributed by atoms with Crippen LogP contribution in [0.4, 0.5) is 21.9 Å². The molecule has 1 aliphatic carbocycles. The fourth-order valence-corrected chi connectivity index (χ4v) is 5.51. The Kier molecular flexibility index (Phi) is 8.55. The number of urea groups is 1. The van der Waals surface area contributed by atoms with Gasteiger partial charge in [0.15, 0.2) is 0 Å². The molecule has 1 saturated carbocycles. The number of anilines is 3. The van der Waals surface area contributed by atoms with Gasteiger partial charge in [-0.25, -0.2) is 4.79 Å². The number of rotatable bonds is 7. The highest BCUT2D eigenvalue weighted by molar-refractivity contribution is 6.04. The Labute approximate surface area is 216 Å². The third-order valence-electron chi connectivity index (χ3n) is 7.50. The van der Waals surface area contributed by atoms with E-state index in [4.69, 9.17) is 0 Å². The first-order valence-electron chi connectivity index (χ1n) is 13.7. The van der Waals surface area contributed by atoms with E-state index in [2.05, 4.69) is 66.7 Å². The highest BCUT2D eigenvalue weighted by Crippen LogP contribution is 2.33. The molecular formula is C30H42N4O2. The molecule has 0 spiro atoms. The van der Waals surface area contributed by atoms with Gasteiger partial charge in [0.25, 0.3) is 5.91 Å². The summed E-state index contributed by atoms with van der Waals surface area (Å²) in [6, 6.07) is 11.9. The monoisotopic (exact) mass is 490 g/mol. The van der Waals surface area contributed by atoms with E-state index in [0.717, 1.165) is 61.3 Å². The molecule has 36 heavy (non-hydrogen) atoms. The number of para-hydroxylation sites is 1. The second-order valence-corrected chi connectivity index (χ2v) is 10.9. The van der Waals surface area contributed by atoms with Gasteiger partial charge in [0.2, 0.25) is 0 Å². The predicted molar refractivity (Wildman–Crippen MR) is 149 cm³/mol. The molecule has 2 aromatic carbocycles. The molecule has 6 heteroatoms. The maximum absolute atomic E-state index is 13.4. The topological polar surface area (TPSA) is 73.5 Å². The number of carbonyl (C=O) groups excluding carboxylic acids is 2. The van der Waals surface area contributed by atoms with Gasteiger partial charge in [0.1, 0.15) is 0 Å². The molecule has 3 N–H and O–H groups in total. The van der Waals surface area contributed by atoms with E-state index in [9.17, 15) is 9.59 Å². The van der Waals surface area contributed by atoms with E-state index < -0.39 is 0 Å². The van der Waals surface area contributed by atoms with Crippen LogP contribution in [0.5, 0.6) is 0 Å². The van der Waals surface area contributed by atoms with Crippen molar-refractivity contribution in [1.82, 2.24) is 5.32 Å². The number of amides is 3. The van der Waals surface area contributed by atoms with E-state index >= 15 is 0 Å². The predicted octanol–water partition coefficient (Wildman–Crippen LogP) is 7.24. The fourth-order valence-electron chi connectivity index (χ4n) is 5.51. The van der Waals surface area contributed by atoms with E-state index in [1.54, 1.807) is 0 Å². The Hall–Kier alpha value is -3.02. The third-order valence-corrected chi connectivity index (χ3v) is 7.50. The van der Waals surface area contributed by atoms with E-state index in [1.807, 2.05) is 18.2 Å². The summed E-state index contributed by atoms with van der Waals surface area (Å²) in [4.78, 5) is 28.8. The Morgan fingerprint density at radius 2 is 1.47 bits per heavy atom. The Morgan fingerprint density at radius 1 is 0.833 bits per heavy atom. The summed E-state index contributed by atoms with van der Waals surface area (Å²) in [6.45, 7) is 10.5. The van der Waals surface area contributed by atoms with Crippen molar-refractivity contribution < 1.29 is 9.59 Å². The normalized spacial score (nSPS) is 16.4. The average Bonchev–Trinajstić information content (AvgIpc) is 3.39. The number of nitrogens with one attached hydrogen (secondary N) is 3. The maximum atomic E-state index is 13.4. The van der Waals surface area contributed by atoms with Gasteiger partial charge < -0.3 is 20.9 Å². The zero-order valence-corrected chi connectivity index (χ0v) is 22.3. The van der Waals surface area contributed by atoms with Gasteiger partial charge in [-0.15, -0.1) is 0 Å². The Morgan fingerprint density at radius 3 is 2.08 bits per heavy atom. The maximum Gasteiger partial charge on any atom is 0.323 e. The molecule has 4 rings (SSSR count). The largest absolute Gasteiger partial charge is 0.371 e. The summed E-state index contributed by atoms with van der Waals surface area (Å²) < 4.78 is 0. The summed E-state index contributed by atoms with van der Waals surface area (Å²) in [5, 5.41) is 9.37. The summed E-state index contributed by atoms with van der Waals surface area (Å²) in [5.74, 6) is 0.530. The van der Waals surface area contributed by atoms with Crippen LogP contribution in [-0.4, -0.2) is 31.1 Å². The lowest BCUT2D eigenvalue weighted by atomic mass is 9.93. The van der Waals surface area contributed by atoms with Gasteiger partial charge in [-0.05, 0) is 66.8 Å². The van der Waals surface area contributed by atoms with Crippen LogP contribution in [-0.2, 0) is 0 Å². The fraction of sp³-hybridized carbons (Fsp3) is 0.533. The first kappa shape index (κ1) is 26.1. The van der Waals surface area contributed by atoms with Crippen molar-refractivity contribution >= 4 is 29.0 Å². The van der Waals surface area contributed by atoms with E-state index in [-0.39, 0.29) is 29.8 Å². The van der Waals surface area contributed by atoms with Crippen LogP contribution in [0, 0.1) is 0 Å². The average molecular weight is 491 g/mol. The van der Waals surface area contributed by atoms with Crippen molar-refractivity contribution in [2.45, 2.75) is 90.5 Å². The number of hydrogen-bond donors (Lipinski definition) is 3. The van der Waals surface area contributed by atoms with Crippen molar-refractivity contribution in [3.05, 3.63) is 53.1 Å². The highest BCUT2D eigenvalue weighted by atomic mass is 16.2. The zero-order chi connectivity index (χ0) is 25.7. The molecule has 0 unspecified atom stereocenters.